The van der Waals surface area contributed by atoms with Crippen LogP contribution in [0.15, 0.2) is 18.2 Å². The van der Waals surface area contributed by atoms with Gasteiger partial charge in [-0.2, -0.15) is 0 Å². The number of amides is 1. The number of aliphatic carboxylic acids is 1. The first-order valence-corrected chi connectivity index (χ1v) is 6.42. The summed E-state index contributed by atoms with van der Waals surface area (Å²) in [5, 5.41) is 9.47. The van der Waals surface area contributed by atoms with Crippen molar-refractivity contribution in [3.05, 3.63) is 34.6 Å². The molecule has 7 heteroatoms. The number of carbonyl (C=O) groups excluding carboxylic acids is 1. The molecule has 1 aliphatic rings. The number of benzene rings is 1. The van der Waals surface area contributed by atoms with Crippen molar-refractivity contribution in [2.75, 3.05) is 13.2 Å². The Morgan fingerprint density at radius 1 is 1.60 bits per heavy atom. The maximum Gasteiger partial charge on any atom is 0.335 e. The molecule has 0 aliphatic carbocycles. The molecule has 0 aromatic heterocycles. The Bertz CT molecular complexity index is 549. The summed E-state index contributed by atoms with van der Waals surface area (Å²) < 4.78 is 19.0. The summed E-state index contributed by atoms with van der Waals surface area (Å²) in [6, 6.07) is 2.79. The zero-order valence-electron chi connectivity index (χ0n) is 10.7. The van der Waals surface area contributed by atoms with Gasteiger partial charge in [0.25, 0.3) is 0 Å². The molecular weight excluding hydrogens is 289 g/mol. The Morgan fingerprint density at radius 2 is 2.30 bits per heavy atom. The lowest BCUT2D eigenvalue weighted by Gasteiger charge is -2.39. The minimum Gasteiger partial charge on any atom is -0.479 e. The molecule has 108 valence electrons. The van der Waals surface area contributed by atoms with Gasteiger partial charge in [0.05, 0.1) is 6.04 Å². The summed E-state index contributed by atoms with van der Waals surface area (Å²) in [7, 11) is 0. The number of hydrogen-bond donors (Lipinski definition) is 1. The maximum absolute atomic E-state index is 14.0. The lowest BCUT2D eigenvalue weighted by molar-refractivity contribution is -0.173. The molecule has 0 saturated carbocycles. The summed E-state index contributed by atoms with van der Waals surface area (Å²) in [5.74, 6) is -2.25. The Balaban J connectivity index is 2.52. The molecule has 1 aromatic carbocycles. The minimum absolute atomic E-state index is 0.0415. The highest BCUT2D eigenvalue weighted by molar-refractivity contribution is 6.30. The summed E-state index contributed by atoms with van der Waals surface area (Å²) in [5.41, 5.74) is 0.0415. The molecule has 0 radical (unpaired) electrons. The minimum atomic E-state index is -1.32. The predicted molar refractivity (Wildman–Crippen MR) is 68.9 cm³/mol. The van der Waals surface area contributed by atoms with E-state index in [0.717, 1.165) is 6.07 Å². The topological polar surface area (TPSA) is 66.8 Å². The molecule has 0 bridgehead atoms. The number of hydrogen-bond acceptors (Lipinski definition) is 3. The maximum atomic E-state index is 14.0. The van der Waals surface area contributed by atoms with Crippen LogP contribution in [0.4, 0.5) is 4.39 Å². The number of carbonyl (C=O) groups is 2. The molecule has 2 atom stereocenters. The van der Waals surface area contributed by atoms with E-state index in [9.17, 15) is 19.1 Å². The highest BCUT2D eigenvalue weighted by Gasteiger charge is 2.42. The molecule has 5 nitrogen and oxygen atoms in total. The van der Waals surface area contributed by atoms with Crippen LogP contribution in [0.25, 0.3) is 0 Å². The van der Waals surface area contributed by atoms with Crippen molar-refractivity contribution in [2.24, 2.45) is 0 Å². The molecule has 0 spiro atoms. The van der Waals surface area contributed by atoms with Crippen molar-refractivity contribution in [3.63, 3.8) is 0 Å². The number of ether oxygens (including phenoxy) is 1. The molecule has 1 aromatic rings. The first-order chi connectivity index (χ1) is 9.45. The van der Waals surface area contributed by atoms with E-state index in [4.69, 9.17) is 16.3 Å². The van der Waals surface area contributed by atoms with Crippen LogP contribution >= 0.6 is 11.6 Å². The quantitative estimate of drug-likeness (QED) is 0.925. The van der Waals surface area contributed by atoms with Crippen LogP contribution in [0.5, 0.6) is 0 Å². The average Bonchev–Trinajstić information content (AvgIpc) is 2.40. The fourth-order valence-corrected chi connectivity index (χ4v) is 2.49. The zero-order chi connectivity index (χ0) is 14.9. The third-order valence-corrected chi connectivity index (χ3v) is 3.43. The highest BCUT2D eigenvalue weighted by Crippen LogP contribution is 2.33. The van der Waals surface area contributed by atoms with Gasteiger partial charge < -0.3 is 14.7 Å². The fourth-order valence-electron chi connectivity index (χ4n) is 2.31. The molecule has 2 rings (SSSR count). The van der Waals surface area contributed by atoms with E-state index in [2.05, 4.69) is 0 Å². The smallest absolute Gasteiger partial charge is 0.335 e. The van der Waals surface area contributed by atoms with Crippen LogP contribution in [0.3, 0.4) is 0 Å². The van der Waals surface area contributed by atoms with E-state index in [1.54, 1.807) is 6.92 Å². The lowest BCUT2D eigenvalue weighted by atomic mass is 9.97. The van der Waals surface area contributed by atoms with Crippen LogP contribution in [0.1, 0.15) is 18.5 Å². The summed E-state index contributed by atoms with van der Waals surface area (Å²) >= 11 is 5.83. The van der Waals surface area contributed by atoms with Gasteiger partial charge in [0.1, 0.15) is 12.4 Å². The molecule has 1 heterocycles. The summed E-state index contributed by atoms with van der Waals surface area (Å²) in [6.07, 6.45) is -1.32. The van der Waals surface area contributed by atoms with Crippen LogP contribution in [0, 0.1) is 5.82 Å². The van der Waals surface area contributed by atoms with Gasteiger partial charge in [0, 0.05) is 17.1 Å². The predicted octanol–water partition coefficient (Wildman–Crippen LogP) is 1.85. The second-order valence-electron chi connectivity index (χ2n) is 4.36. The van der Waals surface area contributed by atoms with Gasteiger partial charge in [-0.05, 0) is 25.1 Å². The SMILES string of the molecule is CCN1C(=O)COC(C(=O)O)C1c1cc(Cl)ccc1F. The second kappa shape index (κ2) is 5.76. The second-order valence-corrected chi connectivity index (χ2v) is 4.80. The zero-order valence-corrected chi connectivity index (χ0v) is 11.4. The lowest BCUT2D eigenvalue weighted by Crippen LogP contribution is -2.51. The third-order valence-electron chi connectivity index (χ3n) is 3.19. The van der Waals surface area contributed by atoms with Crippen molar-refractivity contribution in [3.8, 4) is 0 Å². The first kappa shape index (κ1) is 14.7. The Hall–Kier alpha value is -1.66. The molecular formula is C13H13ClFNO4. The number of rotatable bonds is 3. The fraction of sp³-hybridized carbons (Fsp3) is 0.385. The van der Waals surface area contributed by atoms with E-state index < -0.39 is 23.9 Å². The van der Waals surface area contributed by atoms with Crippen molar-refractivity contribution in [2.45, 2.75) is 19.1 Å². The van der Waals surface area contributed by atoms with Gasteiger partial charge >= 0.3 is 5.97 Å². The average molecular weight is 302 g/mol. The van der Waals surface area contributed by atoms with E-state index in [1.165, 1.54) is 17.0 Å². The van der Waals surface area contributed by atoms with Crippen molar-refractivity contribution in [1.29, 1.82) is 0 Å². The van der Waals surface area contributed by atoms with Gasteiger partial charge in [-0.3, -0.25) is 4.79 Å². The number of carboxylic acids is 1. The van der Waals surface area contributed by atoms with Crippen molar-refractivity contribution < 1.29 is 23.8 Å². The van der Waals surface area contributed by atoms with E-state index in [0.29, 0.717) is 0 Å². The monoisotopic (exact) mass is 301 g/mol. The third kappa shape index (κ3) is 2.62. The van der Waals surface area contributed by atoms with Gasteiger partial charge in [0.15, 0.2) is 6.10 Å². The summed E-state index contributed by atoms with van der Waals surface area (Å²) in [6.45, 7) is 1.61. The molecule has 20 heavy (non-hydrogen) atoms. The summed E-state index contributed by atoms with van der Waals surface area (Å²) in [4.78, 5) is 24.4. The number of halogens is 2. The van der Waals surface area contributed by atoms with Crippen molar-refractivity contribution >= 4 is 23.5 Å². The Labute approximate surface area is 119 Å². The van der Waals surface area contributed by atoms with Gasteiger partial charge in [-0.1, -0.05) is 11.6 Å². The van der Waals surface area contributed by atoms with Crippen LogP contribution in [-0.4, -0.2) is 41.1 Å². The molecule has 1 fully saturated rings. The van der Waals surface area contributed by atoms with Gasteiger partial charge in [-0.15, -0.1) is 0 Å². The number of nitrogens with zero attached hydrogens (tertiary/aromatic N) is 1. The van der Waals surface area contributed by atoms with E-state index in [1.807, 2.05) is 0 Å². The van der Waals surface area contributed by atoms with Crippen molar-refractivity contribution in [1.82, 2.24) is 4.90 Å². The number of morpholine rings is 1. The van der Waals surface area contributed by atoms with E-state index in [-0.39, 0.29) is 29.6 Å². The number of likely N-dealkylation sites (N-methyl/N-ethyl adjacent to an activating group) is 1. The molecule has 1 amide bonds. The Morgan fingerprint density at radius 3 is 2.90 bits per heavy atom. The normalized spacial score (nSPS) is 22.9. The van der Waals surface area contributed by atoms with Crippen LogP contribution in [-0.2, 0) is 14.3 Å². The van der Waals surface area contributed by atoms with Gasteiger partial charge in [0.2, 0.25) is 5.91 Å². The van der Waals surface area contributed by atoms with E-state index >= 15 is 0 Å². The van der Waals surface area contributed by atoms with Crippen LogP contribution < -0.4 is 0 Å². The van der Waals surface area contributed by atoms with Crippen LogP contribution in [0.2, 0.25) is 5.02 Å². The molecule has 1 saturated heterocycles. The van der Waals surface area contributed by atoms with Gasteiger partial charge in [-0.25, -0.2) is 9.18 Å². The molecule has 1 aliphatic heterocycles. The standard InChI is InChI=1S/C13H13ClFNO4/c1-2-16-10(17)6-20-12(13(18)19)11(16)8-5-7(14)3-4-9(8)15/h3-5,11-12H,2,6H2,1H3,(H,18,19). The molecule has 1 N–H and O–H groups in total. The largest absolute Gasteiger partial charge is 0.479 e. The highest BCUT2D eigenvalue weighted by atomic mass is 35.5. The Kier molecular flexibility index (Phi) is 4.25. The number of carboxylic acid groups (broad SMARTS) is 1. The first-order valence-electron chi connectivity index (χ1n) is 6.04. The molecule has 2 unspecified atom stereocenters.